The number of hydrogen-bond acceptors (Lipinski definition) is 2. The lowest BCUT2D eigenvalue weighted by Crippen LogP contribution is -2.02. The van der Waals surface area contributed by atoms with E-state index in [0.29, 0.717) is 5.75 Å². The van der Waals surface area contributed by atoms with Crippen LogP contribution in [0.25, 0.3) is 0 Å². The van der Waals surface area contributed by atoms with Gasteiger partial charge in [-0.3, -0.25) is 0 Å². The van der Waals surface area contributed by atoms with Gasteiger partial charge in [-0.2, -0.15) is 0 Å². The van der Waals surface area contributed by atoms with E-state index in [1.807, 2.05) is 18.2 Å². The second-order valence-corrected chi connectivity index (χ2v) is 4.07. The van der Waals surface area contributed by atoms with Crippen molar-refractivity contribution < 1.29 is 5.11 Å². The van der Waals surface area contributed by atoms with Crippen molar-refractivity contribution in [1.82, 2.24) is 0 Å². The smallest absolute Gasteiger partial charge is 0.117 e. The van der Waals surface area contributed by atoms with Gasteiger partial charge in [0, 0.05) is 18.3 Å². The molecule has 0 heterocycles. The van der Waals surface area contributed by atoms with E-state index < -0.39 is 0 Å². The van der Waals surface area contributed by atoms with Crippen molar-refractivity contribution in [3.05, 3.63) is 60.2 Å². The summed E-state index contributed by atoms with van der Waals surface area (Å²) in [4.78, 5) is 0. The number of rotatable bonds is 5. The SMILES string of the molecule is Oc1cccc(NCCCc2ccccc2)c1. The van der Waals surface area contributed by atoms with Crippen LogP contribution in [0.5, 0.6) is 5.75 Å². The van der Waals surface area contributed by atoms with Crippen LogP contribution in [0.3, 0.4) is 0 Å². The van der Waals surface area contributed by atoms with E-state index in [4.69, 9.17) is 0 Å². The summed E-state index contributed by atoms with van der Waals surface area (Å²) in [7, 11) is 0. The highest BCUT2D eigenvalue weighted by Gasteiger charge is 1.94. The van der Waals surface area contributed by atoms with Crippen LogP contribution in [-0.4, -0.2) is 11.7 Å². The van der Waals surface area contributed by atoms with Crippen LogP contribution in [0.2, 0.25) is 0 Å². The van der Waals surface area contributed by atoms with Gasteiger partial charge < -0.3 is 10.4 Å². The van der Waals surface area contributed by atoms with E-state index in [9.17, 15) is 5.11 Å². The molecule has 0 aliphatic carbocycles. The maximum atomic E-state index is 9.31. The summed E-state index contributed by atoms with van der Waals surface area (Å²) < 4.78 is 0. The summed E-state index contributed by atoms with van der Waals surface area (Å²) in [6, 6.07) is 17.7. The number of nitrogens with one attached hydrogen (secondary N) is 1. The van der Waals surface area contributed by atoms with Crippen molar-refractivity contribution in [2.45, 2.75) is 12.8 Å². The van der Waals surface area contributed by atoms with Gasteiger partial charge in [0.1, 0.15) is 5.75 Å². The van der Waals surface area contributed by atoms with E-state index in [1.54, 1.807) is 12.1 Å². The van der Waals surface area contributed by atoms with Gasteiger partial charge in [-0.15, -0.1) is 0 Å². The Kier molecular flexibility index (Phi) is 4.03. The highest BCUT2D eigenvalue weighted by Crippen LogP contribution is 2.15. The van der Waals surface area contributed by atoms with Crippen molar-refractivity contribution in [2.75, 3.05) is 11.9 Å². The number of phenols is 1. The van der Waals surface area contributed by atoms with Gasteiger partial charge in [0.2, 0.25) is 0 Å². The second-order valence-electron chi connectivity index (χ2n) is 4.07. The van der Waals surface area contributed by atoms with Crippen molar-refractivity contribution >= 4 is 5.69 Å². The largest absolute Gasteiger partial charge is 0.508 e. The molecule has 0 aromatic heterocycles. The van der Waals surface area contributed by atoms with Crippen LogP contribution < -0.4 is 5.32 Å². The molecule has 0 unspecified atom stereocenters. The molecule has 0 amide bonds. The lowest BCUT2D eigenvalue weighted by Gasteiger charge is -2.06. The Morgan fingerprint density at radius 2 is 1.76 bits per heavy atom. The molecule has 0 atom stereocenters. The molecule has 0 spiro atoms. The number of anilines is 1. The Balaban J connectivity index is 1.73. The maximum absolute atomic E-state index is 9.31. The molecule has 2 rings (SSSR count). The number of benzene rings is 2. The summed E-state index contributed by atoms with van der Waals surface area (Å²) >= 11 is 0. The minimum atomic E-state index is 0.304. The van der Waals surface area contributed by atoms with Crippen LogP contribution in [0, 0.1) is 0 Å². The first-order valence-electron chi connectivity index (χ1n) is 5.91. The van der Waals surface area contributed by atoms with Crippen molar-refractivity contribution in [1.29, 1.82) is 0 Å². The molecule has 0 fully saturated rings. The van der Waals surface area contributed by atoms with Crippen molar-refractivity contribution in [3.63, 3.8) is 0 Å². The molecule has 0 aliphatic rings. The highest BCUT2D eigenvalue weighted by molar-refractivity contribution is 5.47. The fourth-order valence-corrected chi connectivity index (χ4v) is 1.79. The van der Waals surface area contributed by atoms with Gasteiger partial charge in [-0.25, -0.2) is 0 Å². The molecule has 2 aromatic rings. The Morgan fingerprint density at radius 3 is 2.53 bits per heavy atom. The van der Waals surface area contributed by atoms with Crippen LogP contribution in [0.1, 0.15) is 12.0 Å². The second kappa shape index (κ2) is 5.94. The molecule has 88 valence electrons. The first-order chi connectivity index (χ1) is 8.34. The molecule has 2 heteroatoms. The molecule has 2 nitrogen and oxygen atoms in total. The first kappa shape index (κ1) is 11.5. The molecule has 0 saturated carbocycles. The molecule has 2 aromatic carbocycles. The van der Waals surface area contributed by atoms with E-state index in [2.05, 4.69) is 29.6 Å². The lowest BCUT2D eigenvalue weighted by atomic mass is 10.1. The van der Waals surface area contributed by atoms with Crippen LogP contribution in [0.15, 0.2) is 54.6 Å². The Labute approximate surface area is 102 Å². The average molecular weight is 227 g/mol. The molecule has 0 aliphatic heterocycles. The third-order valence-electron chi connectivity index (χ3n) is 2.66. The first-order valence-corrected chi connectivity index (χ1v) is 5.91. The summed E-state index contributed by atoms with van der Waals surface area (Å²) in [6.45, 7) is 0.915. The highest BCUT2D eigenvalue weighted by atomic mass is 16.3. The Hall–Kier alpha value is -1.96. The van der Waals surface area contributed by atoms with Gasteiger partial charge in [0.15, 0.2) is 0 Å². The topological polar surface area (TPSA) is 32.3 Å². The normalized spacial score (nSPS) is 10.1. The standard InChI is InChI=1S/C15H17NO/c17-15-10-4-9-14(12-15)16-11-5-8-13-6-2-1-3-7-13/h1-4,6-7,9-10,12,16-17H,5,8,11H2. The molecule has 2 N–H and O–H groups in total. The summed E-state index contributed by atoms with van der Waals surface area (Å²) in [5.41, 5.74) is 2.34. The zero-order chi connectivity index (χ0) is 11.9. The quantitative estimate of drug-likeness (QED) is 0.767. The van der Waals surface area contributed by atoms with Gasteiger partial charge in [0.05, 0.1) is 0 Å². The number of hydrogen-bond donors (Lipinski definition) is 2. The molecule has 0 saturated heterocycles. The van der Waals surface area contributed by atoms with Gasteiger partial charge in [-0.05, 0) is 30.5 Å². The predicted molar refractivity (Wildman–Crippen MR) is 71.4 cm³/mol. The number of aryl methyl sites for hydroxylation is 1. The van der Waals surface area contributed by atoms with E-state index in [0.717, 1.165) is 25.1 Å². The fraction of sp³-hybridized carbons (Fsp3) is 0.200. The summed E-state index contributed by atoms with van der Waals surface area (Å²) in [5.74, 6) is 0.304. The monoisotopic (exact) mass is 227 g/mol. The van der Waals surface area contributed by atoms with Gasteiger partial charge in [-0.1, -0.05) is 36.4 Å². The van der Waals surface area contributed by atoms with E-state index in [1.165, 1.54) is 5.56 Å². The van der Waals surface area contributed by atoms with Crippen molar-refractivity contribution in [3.8, 4) is 5.75 Å². The maximum Gasteiger partial charge on any atom is 0.117 e. The zero-order valence-corrected chi connectivity index (χ0v) is 9.76. The summed E-state index contributed by atoms with van der Waals surface area (Å²) in [5, 5.41) is 12.6. The fourth-order valence-electron chi connectivity index (χ4n) is 1.79. The third-order valence-corrected chi connectivity index (χ3v) is 2.66. The Morgan fingerprint density at radius 1 is 0.941 bits per heavy atom. The van der Waals surface area contributed by atoms with Crippen molar-refractivity contribution in [2.24, 2.45) is 0 Å². The molecule has 0 radical (unpaired) electrons. The minimum absolute atomic E-state index is 0.304. The zero-order valence-electron chi connectivity index (χ0n) is 9.76. The van der Waals surface area contributed by atoms with Crippen LogP contribution >= 0.6 is 0 Å². The van der Waals surface area contributed by atoms with Crippen LogP contribution in [-0.2, 0) is 6.42 Å². The molecule has 0 bridgehead atoms. The minimum Gasteiger partial charge on any atom is -0.508 e. The Bertz CT molecular complexity index is 453. The molecular formula is C15H17NO. The predicted octanol–water partition coefficient (Wildman–Crippen LogP) is 3.44. The third kappa shape index (κ3) is 3.83. The molecule has 17 heavy (non-hydrogen) atoms. The van der Waals surface area contributed by atoms with Gasteiger partial charge in [0.25, 0.3) is 0 Å². The van der Waals surface area contributed by atoms with E-state index in [-0.39, 0.29) is 0 Å². The van der Waals surface area contributed by atoms with Gasteiger partial charge >= 0.3 is 0 Å². The average Bonchev–Trinajstić information content (AvgIpc) is 2.36. The van der Waals surface area contributed by atoms with Crippen LogP contribution in [0.4, 0.5) is 5.69 Å². The molecular weight excluding hydrogens is 210 g/mol. The number of aromatic hydroxyl groups is 1. The lowest BCUT2D eigenvalue weighted by molar-refractivity contribution is 0.475. The number of phenolic OH excluding ortho intramolecular Hbond substituents is 1. The van der Waals surface area contributed by atoms with E-state index >= 15 is 0 Å². The summed E-state index contributed by atoms with van der Waals surface area (Å²) in [6.07, 6.45) is 2.16.